The van der Waals surface area contributed by atoms with Crippen LogP contribution in [0.1, 0.15) is 22.8 Å². The van der Waals surface area contributed by atoms with Crippen LogP contribution in [0.15, 0.2) is 12.1 Å². The van der Waals surface area contributed by atoms with Gasteiger partial charge in [-0.2, -0.15) is 0 Å². The molecule has 0 heterocycles. The van der Waals surface area contributed by atoms with Crippen molar-refractivity contribution in [3.8, 4) is 11.5 Å². The van der Waals surface area contributed by atoms with E-state index in [1.807, 2.05) is 6.92 Å². The Hall–Kier alpha value is -1.51. The summed E-state index contributed by atoms with van der Waals surface area (Å²) in [5.41, 5.74) is 1.57. The zero-order valence-corrected chi connectivity index (χ0v) is 8.88. The van der Waals surface area contributed by atoms with Crippen molar-refractivity contribution in [2.75, 3.05) is 14.2 Å². The average molecular weight is 194 g/mol. The zero-order valence-electron chi connectivity index (χ0n) is 8.88. The number of rotatable bonds is 3. The Morgan fingerprint density at radius 3 is 2.07 bits per heavy atom. The monoisotopic (exact) mass is 194 g/mol. The summed E-state index contributed by atoms with van der Waals surface area (Å²) in [5, 5.41) is 0. The van der Waals surface area contributed by atoms with Gasteiger partial charge in [-0.3, -0.25) is 4.79 Å². The second-order valence-corrected chi connectivity index (χ2v) is 3.08. The van der Waals surface area contributed by atoms with Crippen LogP contribution in [0.5, 0.6) is 11.5 Å². The molecule has 0 saturated carbocycles. The van der Waals surface area contributed by atoms with E-state index in [0.29, 0.717) is 17.1 Å². The Labute approximate surface area is 83.6 Å². The molecule has 14 heavy (non-hydrogen) atoms. The highest BCUT2D eigenvalue weighted by molar-refractivity contribution is 5.96. The molecule has 0 unspecified atom stereocenters. The number of carbonyl (C=O) groups is 1. The highest BCUT2D eigenvalue weighted by atomic mass is 16.5. The van der Waals surface area contributed by atoms with Crippen LogP contribution in [-0.4, -0.2) is 20.0 Å². The van der Waals surface area contributed by atoms with Crippen LogP contribution >= 0.6 is 0 Å². The van der Waals surface area contributed by atoms with Gasteiger partial charge in [-0.05, 0) is 31.5 Å². The number of methoxy groups -OCH3 is 2. The van der Waals surface area contributed by atoms with Crippen LogP contribution in [-0.2, 0) is 0 Å². The second kappa shape index (κ2) is 4.13. The van der Waals surface area contributed by atoms with E-state index < -0.39 is 0 Å². The lowest BCUT2D eigenvalue weighted by Crippen LogP contribution is -1.99. The molecule has 3 nitrogen and oxygen atoms in total. The molecule has 0 aliphatic carbocycles. The maximum atomic E-state index is 11.2. The number of hydrogen-bond donors (Lipinski definition) is 0. The summed E-state index contributed by atoms with van der Waals surface area (Å²) < 4.78 is 10.2. The lowest BCUT2D eigenvalue weighted by Gasteiger charge is -2.10. The molecule has 0 N–H and O–H groups in total. The Morgan fingerprint density at radius 2 is 1.64 bits per heavy atom. The fraction of sp³-hybridized carbons (Fsp3) is 0.364. The summed E-state index contributed by atoms with van der Waals surface area (Å²) in [4.78, 5) is 11.2. The van der Waals surface area contributed by atoms with Gasteiger partial charge in [0.2, 0.25) is 0 Å². The standard InChI is InChI=1S/C11H14O3/c1-7-5-10(13-3)11(14-4)6-9(7)8(2)12/h5-6H,1-4H3. The molecule has 1 aromatic rings. The molecule has 0 aliphatic rings. The highest BCUT2D eigenvalue weighted by Gasteiger charge is 2.10. The van der Waals surface area contributed by atoms with Gasteiger partial charge in [-0.1, -0.05) is 0 Å². The van der Waals surface area contributed by atoms with E-state index in [2.05, 4.69) is 0 Å². The molecule has 0 aromatic heterocycles. The SMILES string of the molecule is COc1cc(C)c(C(C)=O)cc1OC. The van der Waals surface area contributed by atoms with E-state index in [1.54, 1.807) is 26.4 Å². The van der Waals surface area contributed by atoms with Crippen molar-refractivity contribution < 1.29 is 14.3 Å². The largest absolute Gasteiger partial charge is 0.493 e. The van der Waals surface area contributed by atoms with Gasteiger partial charge in [0.25, 0.3) is 0 Å². The minimum atomic E-state index is 0.0310. The Kier molecular flexibility index (Phi) is 3.12. The van der Waals surface area contributed by atoms with E-state index >= 15 is 0 Å². The zero-order chi connectivity index (χ0) is 10.7. The molecular formula is C11H14O3. The molecule has 0 aliphatic heterocycles. The number of hydrogen-bond acceptors (Lipinski definition) is 3. The van der Waals surface area contributed by atoms with Gasteiger partial charge >= 0.3 is 0 Å². The summed E-state index contributed by atoms with van der Waals surface area (Å²) in [6.45, 7) is 3.41. The molecule has 3 heteroatoms. The number of benzene rings is 1. The van der Waals surface area contributed by atoms with E-state index in [1.165, 1.54) is 6.92 Å². The third kappa shape index (κ3) is 1.87. The lowest BCUT2D eigenvalue weighted by molar-refractivity contribution is 0.101. The number of ether oxygens (including phenoxy) is 2. The molecule has 0 radical (unpaired) electrons. The van der Waals surface area contributed by atoms with E-state index in [9.17, 15) is 4.79 Å². The van der Waals surface area contributed by atoms with Crippen LogP contribution in [0.4, 0.5) is 0 Å². The van der Waals surface area contributed by atoms with Crippen LogP contribution in [0, 0.1) is 6.92 Å². The first-order valence-electron chi connectivity index (χ1n) is 4.33. The molecule has 1 aromatic carbocycles. The summed E-state index contributed by atoms with van der Waals surface area (Å²) >= 11 is 0. The highest BCUT2D eigenvalue weighted by Crippen LogP contribution is 2.30. The first kappa shape index (κ1) is 10.6. The molecule has 1 rings (SSSR count). The first-order chi connectivity index (χ1) is 6.60. The maximum absolute atomic E-state index is 11.2. The predicted octanol–water partition coefficient (Wildman–Crippen LogP) is 2.21. The van der Waals surface area contributed by atoms with Gasteiger partial charge in [0.15, 0.2) is 17.3 Å². The Bertz CT molecular complexity index is 356. The molecule has 76 valence electrons. The Morgan fingerprint density at radius 1 is 1.14 bits per heavy atom. The van der Waals surface area contributed by atoms with Crippen molar-refractivity contribution in [2.45, 2.75) is 13.8 Å². The van der Waals surface area contributed by atoms with Crippen LogP contribution in [0.2, 0.25) is 0 Å². The lowest BCUT2D eigenvalue weighted by atomic mass is 10.0. The van der Waals surface area contributed by atoms with Gasteiger partial charge < -0.3 is 9.47 Å². The normalized spacial score (nSPS) is 9.71. The number of aryl methyl sites for hydroxylation is 1. The fourth-order valence-electron chi connectivity index (χ4n) is 1.36. The van der Waals surface area contributed by atoms with E-state index in [0.717, 1.165) is 5.56 Å². The Balaban J connectivity index is 3.30. The minimum absolute atomic E-state index is 0.0310. The quantitative estimate of drug-likeness (QED) is 0.692. The second-order valence-electron chi connectivity index (χ2n) is 3.08. The molecular weight excluding hydrogens is 180 g/mol. The smallest absolute Gasteiger partial charge is 0.161 e. The number of carbonyl (C=O) groups excluding carboxylic acids is 1. The van der Waals surface area contributed by atoms with Crippen molar-refractivity contribution in [3.63, 3.8) is 0 Å². The van der Waals surface area contributed by atoms with E-state index in [4.69, 9.17) is 9.47 Å². The van der Waals surface area contributed by atoms with Crippen molar-refractivity contribution in [1.29, 1.82) is 0 Å². The van der Waals surface area contributed by atoms with Crippen molar-refractivity contribution >= 4 is 5.78 Å². The molecule has 0 bridgehead atoms. The summed E-state index contributed by atoms with van der Waals surface area (Å²) in [7, 11) is 3.13. The molecule has 0 fully saturated rings. The first-order valence-corrected chi connectivity index (χ1v) is 4.33. The third-order valence-corrected chi connectivity index (χ3v) is 2.11. The van der Waals surface area contributed by atoms with Crippen molar-refractivity contribution in [3.05, 3.63) is 23.3 Å². The van der Waals surface area contributed by atoms with Gasteiger partial charge in [0.05, 0.1) is 14.2 Å². The van der Waals surface area contributed by atoms with Crippen molar-refractivity contribution in [2.24, 2.45) is 0 Å². The minimum Gasteiger partial charge on any atom is -0.493 e. The fourth-order valence-corrected chi connectivity index (χ4v) is 1.36. The van der Waals surface area contributed by atoms with Crippen LogP contribution in [0.3, 0.4) is 0 Å². The van der Waals surface area contributed by atoms with Gasteiger partial charge in [-0.25, -0.2) is 0 Å². The molecule has 0 saturated heterocycles. The van der Waals surface area contributed by atoms with Crippen molar-refractivity contribution in [1.82, 2.24) is 0 Å². The maximum Gasteiger partial charge on any atom is 0.161 e. The number of Topliss-reactive ketones (excluding diaryl/α,β-unsaturated/α-hetero) is 1. The van der Waals surface area contributed by atoms with Gasteiger partial charge in [0.1, 0.15) is 0 Å². The molecule has 0 atom stereocenters. The van der Waals surface area contributed by atoms with Gasteiger partial charge in [-0.15, -0.1) is 0 Å². The predicted molar refractivity (Wildman–Crippen MR) is 54.3 cm³/mol. The van der Waals surface area contributed by atoms with Gasteiger partial charge in [0, 0.05) is 5.56 Å². The third-order valence-electron chi connectivity index (χ3n) is 2.11. The number of ketones is 1. The summed E-state index contributed by atoms with van der Waals surface area (Å²) in [6, 6.07) is 3.51. The molecule has 0 amide bonds. The van der Waals surface area contributed by atoms with E-state index in [-0.39, 0.29) is 5.78 Å². The molecule has 0 spiro atoms. The summed E-state index contributed by atoms with van der Waals surface area (Å²) in [5.74, 6) is 1.27. The van der Waals surface area contributed by atoms with Crippen LogP contribution < -0.4 is 9.47 Å². The van der Waals surface area contributed by atoms with Crippen LogP contribution in [0.25, 0.3) is 0 Å². The summed E-state index contributed by atoms with van der Waals surface area (Å²) in [6.07, 6.45) is 0. The topological polar surface area (TPSA) is 35.5 Å². The average Bonchev–Trinajstić information content (AvgIpc) is 2.16.